The van der Waals surface area contributed by atoms with E-state index in [-0.39, 0.29) is 4.90 Å². The van der Waals surface area contributed by atoms with Crippen LogP contribution in [0.1, 0.15) is 17.7 Å². The molecule has 0 aliphatic heterocycles. The Morgan fingerprint density at radius 2 is 1.27 bits per heavy atom. The number of rotatable bonds is 3. The van der Waals surface area contributed by atoms with Crippen LogP contribution in [0.25, 0.3) is 0 Å². The fraction of sp³-hybridized carbons (Fsp3) is 0.167. The molecule has 2 rings (SSSR count). The molecule has 0 aromatic carbocycles. The fourth-order valence-electron chi connectivity index (χ4n) is 1.32. The smallest absolute Gasteiger partial charge is 0.285 e. The zero-order chi connectivity index (χ0) is 16.8. The van der Waals surface area contributed by atoms with Crippen LogP contribution in [0.4, 0.5) is 0 Å². The summed E-state index contributed by atoms with van der Waals surface area (Å²) in [6, 6.07) is 5.54. The van der Waals surface area contributed by atoms with Crippen LogP contribution in [-0.2, 0) is 20.2 Å². The van der Waals surface area contributed by atoms with Crippen LogP contribution in [0.3, 0.4) is 0 Å². The van der Waals surface area contributed by atoms with E-state index in [9.17, 15) is 16.8 Å². The van der Waals surface area contributed by atoms with Gasteiger partial charge in [-0.3, -0.25) is 19.1 Å². The van der Waals surface area contributed by atoms with E-state index in [2.05, 4.69) is 9.97 Å². The minimum Gasteiger partial charge on any atom is -0.285 e. The maximum Gasteiger partial charge on any atom is 0.294 e. The zero-order valence-corrected chi connectivity index (χ0v) is 13.1. The minimum absolute atomic E-state index is 0.137. The molecule has 8 nitrogen and oxygen atoms in total. The Hall–Kier alpha value is -1.88. The van der Waals surface area contributed by atoms with E-state index in [1.165, 1.54) is 43.8 Å². The van der Waals surface area contributed by atoms with Gasteiger partial charge in [0.15, 0.2) is 0 Å². The number of hydrogen-bond acceptors (Lipinski definition) is 6. The SMILES string of the molecule is CC(c1ccncc1)S(=O)(=O)O.O=S(=O)(O)c1ccncc1. The molecule has 2 N–H and O–H groups in total. The number of hydrogen-bond donors (Lipinski definition) is 2. The average Bonchev–Trinajstić information content (AvgIpc) is 2.47. The lowest BCUT2D eigenvalue weighted by molar-refractivity contribution is 0.471. The molecule has 0 spiro atoms. The molecule has 120 valence electrons. The Balaban J connectivity index is 0.000000224. The lowest BCUT2D eigenvalue weighted by Gasteiger charge is -2.06. The Kier molecular flexibility index (Phi) is 6.11. The Labute approximate surface area is 128 Å². The molecule has 0 radical (unpaired) electrons. The Morgan fingerprint density at radius 3 is 1.59 bits per heavy atom. The van der Waals surface area contributed by atoms with Gasteiger partial charge in [-0.25, -0.2) is 0 Å². The molecule has 0 aliphatic carbocycles. The van der Waals surface area contributed by atoms with Crippen molar-refractivity contribution in [3.8, 4) is 0 Å². The molecular weight excluding hydrogens is 332 g/mol. The number of nitrogens with zero attached hydrogens (tertiary/aromatic N) is 2. The van der Waals surface area contributed by atoms with Crippen molar-refractivity contribution in [3.05, 3.63) is 54.6 Å². The van der Waals surface area contributed by atoms with Gasteiger partial charge in [-0.1, -0.05) is 0 Å². The van der Waals surface area contributed by atoms with E-state index in [0.717, 1.165) is 0 Å². The summed E-state index contributed by atoms with van der Waals surface area (Å²) in [6.45, 7) is 1.42. The van der Waals surface area contributed by atoms with Crippen LogP contribution in [0.15, 0.2) is 53.9 Å². The second-order valence-corrected chi connectivity index (χ2v) is 7.25. The molecule has 2 heterocycles. The molecule has 0 saturated carbocycles. The summed E-state index contributed by atoms with van der Waals surface area (Å²) in [7, 11) is -8.03. The van der Waals surface area contributed by atoms with Crippen LogP contribution in [0.5, 0.6) is 0 Å². The normalized spacial score (nSPS) is 12.9. The quantitative estimate of drug-likeness (QED) is 0.795. The highest BCUT2D eigenvalue weighted by molar-refractivity contribution is 7.86. The van der Waals surface area contributed by atoms with Crippen molar-refractivity contribution >= 4 is 20.2 Å². The van der Waals surface area contributed by atoms with Crippen LogP contribution >= 0.6 is 0 Å². The molecule has 0 fully saturated rings. The third-order valence-electron chi connectivity index (χ3n) is 2.57. The average molecular weight is 346 g/mol. The molecule has 1 atom stereocenters. The van der Waals surface area contributed by atoms with Gasteiger partial charge in [-0.05, 0) is 36.8 Å². The van der Waals surface area contributed by atoms with Crippen LogP contribution < -0.4 is 0 Å². The van der Waals surface area contributed by atoms with E-state index in [4.69, 9.17) is 9.11 Å². The summed E-state index contributed by atoms with van der Waals surface area (Å²) >= 11 is 0. The predicted octanol–water partition coefficient (Wildman–Crippen LogP) is 1.36. The number of aromatic nitrogens is 2. The highest BCUT2D eigenvalue weighted by Gasteiger charge is 2.18. The van der Waals surface area contributed by atoms with Gasteiger partial charge in [0.2, 0.25) is 0 Å². The van der Waals surface area contributed by atoms with E-state index < -0.39 is 25.5 Å². The van der Waals surface area contributed by atoms with Gasteiger partial charge in [0.25, 0.3) is 20.2 Å². The van der Waals surface area contributed by atoms with Gasteiger partial charge >= 0.3 is 0 Å². The third-order valence-corrected chi connectivity index (χ3v) is 4.60. The molecule has 22 heavy (non-hydrogen) atoms. The molecule has 0 amide bonds. The third kappa shape index (κ3) is 5.85. The van der Waals surface area contributed by atoms with E-state index in [1.807, 2.05) is 0 Å². The summed E-state index contributed by atoms with van der Waals surface area (Å²) < 4.78 is 59.2. The maximum atomic E-state index is 10.7. The van der Waals surface area contributed by atoms with Crippen molar-refractivity contribution in [2.45, 2.75) is 17.1 Å². The van der Waals surface area contributed by atoms with E-state index in [1.54, 1.807) is 12.1 Å². The second-order valence-electron chi connectivity index (χ2n) is 4.10. The van der Waals surface area contributed by atoms with Crippen molar-refractivity contribution < 1.29 is 25.9 Å². The van der Waals surface area contributed by atoms with Crippen LogP contribution in [-0.4, -0.2) is 35.9 Å². The van der Waals surface area contributed by atoms with Crippen molar-refractivity contribution in [1.82, 2.24) is 9.97 Å². The predicted molar refractivity (Wildman–Crippen MR) is 78.3 cm³/mol. The second kappa shape index (κ2) is 7.40. The molecule has 1 unspecified atom stereocenters. The van der Waals surface area contributed by atoms with Crippen molar-refractivity contribution in [1.29, 1.82) is 0 Å². The lowest BCUT2D eigenvalue weighted by atomic mass is 10.2. The highest BCUT2D eigenvalue weighted by Crippen LogP contribution is 2.18. The molecule has 2 aromatic rings. The molecule has 0 saturated heterocycles. The summed E-state index contributed by atoms with van der Waals surface area (Å²) in [5.41, 5.74) is 0.535. The fourth-order valence-corrected chi connectivity index (χ4v) is 2.28. The lowest BCUT2D eigenvalue weighted by Crippen LogP contribution is -2.08. The van der Waals surface area contributed by atoms with Crippen LogP contribution in [0.2, 0.25) is 0 Å². The first-order valence-corrected chi connectivity index (χ1v) is 8.80. The van der Waals surface area contributed by atoms with Gasteiger partial charge in [0, 0.05) is 24.8 Å². The number of pyridine rings is 2. The van der Waals surface area contributed by atoms with Gasteiger partial charge in [0.05, 0.1) is 4.90 Å². The summed E-state index contributed by atoms with van der Waals surface area (Å²) in [4.78, 5) is 7.18. The van der Waals surface area contributed by atoms with Crippen LogP contribution in [0, 0.1) is 0 Å². The Morgan fingerprint density at radius 1 is 0.864 bits per heavy atom. The monoisotopic (exact) mass is 346 g/mol. The van der Waals surface area contributed by atoms with Crippen molar-refractivity contribution in [3.63, 3.8) is 0 Å². The molecule has 0 bridgehead atoms. The molecular formula is C12H14N2O6S2. The van der Waals surface area contributed by atoms with Gasteiger partial charge in [-0.2, -0.15) is 16.8 Å². The van der Waals surface area contributed by atoms with Gasteiger partial charge < -0.3 is 0 Å². The Bertz CT molecular complexity index is 792. The topological polar surface area (TPSA) is 135 Å². The van der Waals surface area contributed by atoms with Gasteiger partial charge in [-0.15, -0.1) is 0 Å². The first-order chi connectivity index (χ1) is 10.1. The van der Waals surface area contributed by atoms with Crippen molar-refractivity contribution in [2.24, 2.45) is 0 Å². The first-order valence-electron chi connectivity index (χ1n) is 5.86. The zero-order valence-electron chi connectivity index (χ0n) is 11.4. The maximum absolute atomic E-state index is 10.7. The van der Waals surface area contributed by atoms with E-state index >= 15 is 0 Å². The largest absolute Gasteiger partial charge is 0.294 e. The first kappa shape index (κ1) is 18.2. The highest BCUT2D eigenvalue weighted by atomic mass is 32.2. The van der Waals surface area contributed by atoms with E-state index in [0.29, 0.717) is 5.56 Å². The van der Waals surface area contributed by atoms with Gasteiger partial charge in [0.1, 0.15) is 5.25 Å². The summed E-state index contributed by atoms with van der Waals surface area (Å²) in [5.74, 6) is 0. The standard InChI is InChI=1S/C7H9NO3S.C5H5NO3S/c1-6(12(9,10)11)7-2-4-8-5-3-7;7-10(8,9)5-1-3-6-4-2-5/h2-6H,1H3,(H,9,10,11);1-4H,(H,7,8,9). The van der Waals surface area contributed by atoms with Crippen molar-refractivity contribution in [2.75, 3.05) is 0 Å². The molecule has 10 heteroatoms. The minimum atomic E-state index is -4.04. The molecule has 2 aromatic heterocycles. The summed E-state index contributed by atoms with van der Waals surface area (Å²) in [5, 5.41) is -0.888. The molecule has 0 aliphatic rings. The summed E-state index contributed by atoms with van der Waals surface area (Å²) in [6.07, 6.45) is 5.56.